The Morgan fingerprint density at radius 3 is 2.64 bits per heavy atom. The quantitative estimate of drug-likeness (QED) is 0.469. The van der Waals surface area contributed by atoms with Gasteiger partial charge < -0.3 is 24.8 Å². The third kappa shape index (κ3) is 4.18. The molecule has 2 N–H and O–H groups in total. The van der Waals surface area contributed by atoms with Crippen LogP contribution in [-0.2, 0) is 10.2 Å². The standard InChI is InChI=1S/C19H29N3O3/c1-20-18(21-9-10-23-2)22-14-19(7-3-4-8-19)15-5-6-16-17(13-15)25-12-11-24-16/h5-6,13H,3-4,7-12,14H2,1-2H3,(H2,20,21,22). The molecule has 1 aromatic carbocycles. The van der Waals surface area contributed by atoms with Crippen LogP contribution in [-0.4, -0.2) is 53.0 Å². The van der Waals surface area contributed by atoms with E-state index in [4.69, 9.17) is 14.2 Å². The number of hydrogen-bond acceptors (Lipinski definition) is 4. The largest absolute Gasteiger partial charge is 0.486 e. The number of ether oxygens (including phenoxy) is 3. The molecule has 0 spiro atoms. The van der Waals surface area contributed by atoms with Gasteiger partial charge in [-0.3, -0.25) is 4.99 Å². The number of guanidine groups is 1. The highest BCUT2D eigenvalue weighted by Crippen LogP contribution is 2.43. The minimum absolute atomic E-state index is 0.120. The van der Waals surface area contributed by atoms with Gasteiger partial charge in [0.1, 0.15) is 13.2 Å². The number of fused-ring (bicyclic) bond motifs is 1. The van der Waals surface area contributed by atoms with E-state index in [0.29, 0.717) is 19.8 Å². The summed E-state index contributed by atoms with van der Waals surface area (Å²) in [5.74, 6) is 2.55. The summed E-state index contributed by atoms with van der Waals surface area (Å²) >= 11 is 0. The Balaban J connectivity index is 1.71. The summed E-state index contributed by atoms with van der Waals surface area (Å²) in [6, 6.07) is 6.42. The van der Waals surface area contributed by atoms with Crippen LogP contribution < -0.4 is 20.1 Å². The minimum Gasteiger partial charge on any atom is -0.486 e. The minimum atomic E-state index is 0.120. The van der Waals surface area contributed by atoms with E-state index in [2.05, 4.69) is 33.8 Å². The van der Waals surface area contributed by atoms with E-state index in [-0.39, 0.29) is 5.41 Å². The van der Waals surface area contributed by atoms with Crippen LogP contribution in [0.5, 0.6) is 11.5 Å². The Morgan fingerprint density at radius 2 is 1.92 bits per heavy atom. The van der Waals surface area contributed by atoms with E-state index in [1.54, 1.807) is 14.2 Å². The lowest BCUT2D eigenvalue weighted by atomic mass is 9.78. The van der Waals surface area contributed by atoms with Crippen molar-refractivity contribution >= 4 is 5.96 Å². The van der Waals surface area contributed by atoms with Gasteiger partial charge in [0.05, 0.1) is 6.61 Å². The highest BCUT2D eigenvalue weighted by molar-refractivity contribution is 5.79. The summed E-state index contributed by atoms with van der Waals surface area (Å²) < 4.78 is 16.5. The summed E-state index contributed by atoms with van der Waals surface area (Å²) in [5.41, 5.74) is 1.45. The number of nitrogens with zero attached hydrogens (tertiary/aromatic N) is 1. The van der Waals surface area contributed by atoms with Crippen molar-refractivity contribution in [1.82, 2.24) is 10.6 Å². The first kappa shape index (κ1) is 17.9. The van der Waals surface area contributed by atoms with Crippen molar-refractivity contribution in [2.24, 2.45) is 4.99 Å². The number of aliphatic imine (C=N–C) groups is 1. The molecule has 6 heteroatoms. The maximum atomic E-state index is 5.79. The third-order valence-electron chi connectivity index (χ3n) is 5.13. The van der Waals surface area contributed by atoms with Gasteiger partial charge in [-0.2, -0.15) is 0 Å². The molecule has 1 aromatic rings. The average Bonchev–Trinajstić information content (AvgIpc) is 3.14. The topological polar surface area (TPSA) is 64.1 Å². The lowest BCUT2D eigenvalue weighted by Gasteiger charge is -2.32. The van der Waals surface area contributed by atoms with E-state index in [9.17, 15) is 0 Å². The highest BCUT2D eigenvalue weighted by Gasteiger charge is 2.36. The molecule has 1 aliphatic heterocycles. The van der Waals surface area contributed by atoms with E-state index in [1.807, 2.05) is 0 Å². The van der Waals surface area contributed by atoms with Crippen LogP contribution in [0.1, 0.15) is 31.2 Å². The molecule has 3 rings (SSSR count). The van der Waals surface area contributed by atoms with Gasteiger partial charge >= 0.3 is 0 Å². The Bertz CT molecular complexity index is 598. The van der Waals surface area contributed by atoms with Crippen LogP contribution in [0.4, 0.5) is 0 Å². The predicted octanol–water partition coefficient (Wildman–Crippen LogP) is 2.08. The van der Waals surface area contributed by atoms with Gasteiger partial charge in [-0.15, -0.1) is 0 Å². The van der Waals surface area contributed by atoms with E-state index in [0.717, 1.165) is 30.5 Å². The van der Waals surface area contributed by atoms with Crippen molar-refractivity contribution in [3.8, 4) is 11.5 Å². The van der Waals surface area contributed by atoms with E-state index >= 15 is 0 Å². The number of hydrogen-bond donors (Lipinski definition) is 2. The molecule has 0 aromatic heterocycles. The molecule has 1 aliphatic carbocycles. The van der Waals surface area contributed by atoms with E-state index < -0.39 is 0 Å². The molecule has 0 bridgehead atoms. The molecule has 138 valence electrons. The number of rotatable bonds is 6. The highest BCUT2D eigenvalue weighted by atomic mass is 16.6. The molecule has 0 radical (unpaired) electrons. The monoisotopic (exact) mass is 347 g/mol. The van der Waals surface area contributed by atoms with Crippen molar-refractivity contribution in [2.75, 3.05) is 47.1 Å². The maximum absolute atomic E-state index is 5.79. The Hall–Kier alpha value is -1.95. The predicted molar refractivity (Wildman–Crippen MR) is 98.8 cm³/mol. The normalized spacial score (nSPS) is 18.9. The zero-order valence-electron chi connectivity index (χ0n) is 15.3. The Morgan fingerprint density at radius 1 is 1.16 bits per heavy atom. The van der Waals surface area contributed by atoms with Crippen molar-refractivity contribution in [3.63, 3.8) is 0 Å². The fraction of sp³-hybridized carbons (Fsp3) is 0.632. The number of methoxy groups -OCH3 is 1. The van der Waals surface area contributed by atoms with Crippen molar-refractivity contribution < 1.29 is 14.2 Å². The van der Waals surface area contributed by atoms with Gasteiger partial charge in [-0.05, 0) is 30.5 Å². The van der Waals surface area contributed by atoms with Gasteiger partial charge in [0.15, 0.2) is 17.5 Å². The van der Waals surface area contributed by atoms with Crippen molar-refractivity contribution in [2.45, 2.75) is 31.1 Å². The third-order valence-corrected chi connectivity index (χ3v) is 5.13. The zero-order valence-corrected chi connectivity index (χ0v) is 15.3. The van der Waals surface area contributed by atoms with Crippen LogP contribution in [0.2, 0.25) is 0 Å². The van der Waals surface area contributed by atoms with Gasteiger partial charge in [0, 0.05) is 32.7 Å². The molecule has 0 saturated heterocycles. The molecule has 0 unspecified atom stereocenters. The lowest BCUT2D eigenvalue weighted by molar-refractivity contribution is 0.171. The Labute approximate surface area is 149 Å². The smallest absolute Gasteiger partial charge is 0.191 e. The molecule has 1 heterocycles. The zero-order chi connectivity index (χ0) is 17.5. The lowest BCUT2D eigenvalue weighted by Crippen LogP contribution is -2.45. The van der Waals surface area contributed by atoms with Crippen molar-refractivity contribution in [1.29, 1.82) is 0 Å². The van der Waals surface area contributed by atoms with Gasteiger partial charge in [0.2, 0.25) is 0 Å². The molecule has 6 nitrogen and oxygen atoms in total. The first-order valence-corrected chi connectivity index (χ1v) is 9.11. The molecule has 0 atom stereocenters. The van der Waals surface area contributed by atoms with Crippen LogP contribution in [0, 0.1) is 0 Å². The number of nitrogens with one attached hydrogen (secondary N) is 2. The van der Waals surface area contributed by atoms with Gasteiger partial charge in [-0.25, -0.2) is 0 Å². The summed E-state index contributed by atoms with van der Waals surface area (Å²) in [4.78, 5) is 4.31. The SMILES string of the molecule is CN=C(NCCOC)NCC1(c2ccc3c(c2)OCCO3)CCCC1. The summed E-state index contributed by atoms with van der Waals surface area (Å²) in [7, 11) is 3.50. The Kier molecular flexibility index (Phi) is 6.02. The van der Waals surface area contributed by atoms with Crippen LogP contribution >= 0.6 is 0 Å². The molecule has 2 aliphatic rings. The maximum Gasteiger partial charge on any atom is 0.191 e. The van der Waals surface area contributed by atoms with Crippen LogP contribution in [0.3, 0.4) is 0 Å². The fourth-order valence-electron chi connectivity index (χ4n) is 3.74. The van der Waals surface area contributed by atoms with Crippen LogP contribution in [0.15, 0.2) is 23.2 Å². The summed E-state index contributed by atoms with van der Waals surface area (Å²) in [6.07, 6.45) is 4.86. The molecule has 25 heavy (non-hydrogen) atoms. The first-order chi connectivity index (χ1) is 12.3. The van der Waals surface area contributed by atoms with Gasteiger partial charge in [0.25, 0.3) is 0 Å². The molecule has 1 saturated carbocycles. The van der Waals surface area contributed by atoms with E-state index in [1.165, 1.54) is 31.2 Å². The van der Waals surface area contributed by atoms with Crippen LogP contribution in [0.25, 0.3) is 0 Å². The summed E-state index contributed by atoms with van der Waals surface area (Å²) in [6.45, 7) is 3.51. The molecular formula is C19H29N3O3. The average molecular weight is 347 g/mol. The second-order valence-corrected chi connectivity index (χ2v) is 6.69. The number of benzene rings is 1. The molecular weight excluding hydrogens is 318 g/mol. The second-order valence-electron chi connectivity index (χ2n) is 6.69. The molecule has 0 amide bonds. The molecule has 1 fully saturated rings. The second kappa shape index (κ2) is 8.43. The summed E-state index contributed by atoms with van der Waals surface area (Å²) in [5, 5.41) is 6.78. The fourth-order valence-corrected chi connectivity index (χ4v) is 3.74. The van der Waals surface area contributed by atoms with Crippen molar-refractivity contribution in [3.05, 3.63) is 23.8 Å². The van der Waals surface area contributed by atoms with Gasteiger partial charge in [-0.1, -0.05) is 18.9 Å². The first-order valence-electron chi connectivity index (χ1n) is 9.11.